The Morgan fingerprint density at radius 1 is 1.10 bits per heavy atom. The Bertz CT molecular complexity index is 504. The number of amides is 2. The molecule has 2 fully saturated rings. The summed E-state index contributed by atoms with van der Waals surface area (Å²) in [6, 6.07) is 10.9. The first-order valence-electron chi connectivity index (χ1n) is 7.80. The van der Waals surface area contributed by atoms with E-state index in [0.717, 1.165) is 38.8 Å². The van der Waals surface area contributed by atoms with Crippen LogP contribution in [0.15, 0.2) is 30.3 Å². The van der Waals surface area contributed by atoms with Crippen molar-refractivity contribution in [1.82, 2.24) is 15.5 Å². The largest absolute Gasteiger partial charge is 0.336 e. The predicted octanol–water partition coefficient (Wildman–Crippen LogP) is 2.11. The van der Waals surface area contributed by atoms with E-state index in [2.05, 4.69) is 60.0 Å². The van der Waals surface area contributed by atoms with Crippen LogP contribution in [0, 0.1) is 0 Å². The summed E-state index contributed by atoms with van der Waals surface area (Å²) in [5, 5.41) is 6.08. The average molecular weight is 287 g/mol. The Hall–Kier alpha value is -1.55. The number of likely N-dealkylation sites (N-methyl/N-ethyl adjacent to an activating group) is 1. The fraction of sp³-hybridized carbons (Fsp3) is 0.588. The topological polar surface area (TPSA) is 44.4 Å². The normalized spacial score (nSPS) is 32.2. The third kappa shape index (κ3) is 2.77. The summed E-state index contributed by atoms with van der Waals surface area (Å²) in [4.78, 5) is 13.8. The molecule has 1 saturated heterocycles. The molecule has 1 aliphatic heterocycles. The summed E-state index contributed by atoms with van der Waals surface area (Å²) in [5.41, 5.74) is 1.64. The van der Waals surface area contributed by atoms with Crippen LogP contribution in [0.5, 0.6) is 0 Å². The zero-order valence-electron chi connectivity index (χ0n) is 13.0. The van der Waals surface area contributed by atoms with Gasteiger partial charge < -0.3 is 15.5 Å². The highest BCUT2D eigenvalue weighted by atomic mass is 16.2. The maximum atomic E-state index is 11.5. The number of rotatable bonds is 3. The van der Waals surface area contributed by atoms with Crippen LogP contribution in [0.3, 0.4) is 0 Å². The zero-order chi connectivity index (χ0) is 14.9. The lowest BCUT2D eigenvalue weighted by atomic mass is 9.64. The van der Waals surface area contributed by atoms with Crippen molar-refractivity contribution in [2.24, 2.45) is 0 Å². The van der Waals surface area contributed by atoms with Crippen molar-refractivity contribution in [2.75, 3.05) is 27.2 Å². The van der Waals surface area contributed by atoms with Crippen molar-refractivity contribution in [3.8, 4) is 0 Å². The molecule has 2 amide bonds. The highest BCUT2D eigenvalue weighted by molar-refractivity contribution is 5.77. The molecule has 0 radical (unpaired) electrons. The molecule has 1 spiro atoms. The van der Waals surface area contributed by atoms with Crippen LogP contribution in [0.1, 0.15) is 31.2 Å². The highest BCUT2D eigenvalue weighted by Crippen LogP contribution is 2.44. The number of benzene rings is 1. The zero-order valence-corrected chi connectivity index (χ0v) is 13.0. The maximum absolute atomic E-state index is 11.5. The fourth-order valence-corrected chi connectivity index (χ4v) is 4.02. The molecule has 2 aliphatic rings. The minimum Gasteiger partial charge on any atom is -0.336 e. The number of nitrogens with zero attached hydrogens (tertiary/aromatic N) is 1. The molecule has 2 N–H and O–H groups in total. The standard InChI is InChI=1S/C17H25N3O/c1-20(2)13-16(14-6-4-3-5-7-14)8-10-17(11-9-16)12-18-15(21)19-17/h3-7H,8-13H2,1-2H3,(H2,18,19,21)/t16-,17-. The monoisotopic (exact) mass is 287 g/mol. The lowest BCUT2D eigenvalue weighted by Gasteiger charge is -2.46. The van der Waals surface area contributed by atoms with Crippen molar-refractivity contribution in [2.45, 2.75) is 36.6 Å². The van der Waals surface area contributed by atoms with Crippen molar-refractivity contribution in [1.29, 1.82) is 0 Å². The lowest BCUT2D eigenvalue weighted by molar-refractivity contribution is 0.155. The van der Waals surface area contributed by atoms with Crippen molar-refractivity contribution >= 4 is 6.03 Å². The second kappa shape index (κ2) is 5.34. The molecule has 114 valence electrons. The molecule has 0 atom stereocenters. The van der Waals surface area contributed by atoms with E-state index >= 15 is 0 Å². The summed E-state index contributed by atoms with van der Waals surface area (Å²) in [7, 11) is 4.29. The third-order valence-corrected chi connectivity index (χ3v) is 5.14. The Labute approximate surface area is 126 Å². The Morgan fingerprint density at radius 2 is 1.76 bits per heavy atom. The van der Waals surface area contributed by atoms with E-state index in [1.54, 1.807) is 0 Å². The first-order chi connectivity index (χ1) is 10.0. The number of carbonyl (C=O) groups excluding carboxylic acids is 1. The van der Waals surface area contributed by atoms with Crippen LogP contribution < -0.4 is 10.6 Å². The summed E-state index contributed by atoms with van der Waals surface area (Å²) < 4.78 is 0. The Morgan fingerprint density at radius 3 is 2.29 bits per heavy atom. The van der Waals surface area contributed by atoms with Crippen molar-refractivity contribution < 1.29 is 4.79 Å². The molecule has 1 aromatic carbocycles. The number of hydrogen-bond donors (Lipinski definition) is 2. The molecule has 0 aromatic heterocycles. The molecule has 4 nitrogen and oxygen atoms in total. The van der Waals surface area contributed by atoms with Gasteiger partial charge in [0.05, 0.1) is 5.54 Å². The summed E-state index contributed by atoms with van der Waals surface area (Å²) in [6.45, 7) is 1.84. The van der Waals surface area contributed by atoms with Gasteiger partial charge in [-0.15, -0.1) is 0 Å². The number of urea groups is 1. The first-order valence-corrected chi connectivity index (χ1v) is 7.80. The fourth-order valence-electron chi connectivity index (χ4n) is 4.02. The van der Waals surface area contributed by atoms with Crippen LogP contribution in [0.25, 0.3) is 0 Å². The minimum absolute atomic E-state index is 0.00480. The average Bonchev–Trinajstić information content (AvgIpc) is 2.84. The molecule has 1 heterocycles. The molecular weight excluding hydrogens is 262 g/mol. The smallest absolute Gasteiger partial charge is 0.315 e. The van der Waals surface area contributed by atoms with E-state index in [1.165, 1.54) is 5.56 Å². The van der Waals surface area contributed by atoms with Gasteiger partial charge in [-0.05, 0) is 45.3 Å². The highest BCUT2D eigenvalue weighted by Gasteiger charge is 2.46. The van der Waals surface area contributed by atoms with Gasteiger partial charge in [0.2, 0.25) is 0 Å². The Balaban J connectivity index is 1.82. The van der Waals surface area contributed by atoms with E-state index in [1.807, 2.05) is 0 Å². The molecule has 0 unspecified atom stereocenters. The number of hydrogen-bond acceptors (Lipinski definition) is 2. The first kappa shape index (κ1) is 14.4. The van der Waals surface area contributed by atoms with E-state index in [9.17, 15) is 4.79 Å². The molecule has 3 rings (SSSR count). The maximum Gasteiger partial charge on any atom is 0.315 e. The van der Waals surface area contributed by atoms with Crippen LogP contribution in [-0.4, -0.2) is 43.7 Å². The summed E-state index contributed by atoms with van der Waals surface area (Å²) >= 11 is 0. The number of nitrogens with one attached hydrogen (secondary N) is 2. The van der Waals surface area contributed by atoms with Crippen molar-refractivity contribution in [3.63, 3.8) is 0 Å². The van der Waals surface area contributed by atoms with Gasteiger partial charge in [-0.25, -0.2) is 4.79 Å². The minimum atomic E-state index is -0.0122. The van der Waals surface area contributed by atoms with Crippen LogP contribution in [0.4, 0.5) is 4.79 Å². The number of carbonyl (C=O) groups is 1. The quantitative estimate of drug-likeness (QED) is 0.894. The molecule has 1 saturated carbocycles. The van der Waals surface area contributed by atoms with Gasteiger partial charge in [0, 0.05) is 18.5 Å². The van der Waals surface area contributed by atoms with E-state index in [4.69, 9.17) is 0 Å². The molecule has 1 aliphatic carbocycles. The molecule has 0 bridgehead atoms. The van der Waals surface area contributed by atoms with Gasteiger partial charge in [0.1, 0.15) is 0 Å². The van der Waals surface area contributed by atoms with Gasteiger partial charge in [0.25, 0.3) is 0 Å². The second-order valence-corrected chi connectivity index (χ2v) is 6.97. The molecule has 4 heteroatoms. The third-order valence-electron chi connectivity index (χ3n) is 5.14. The van der Waals surface area contributed by atoms with E-state index < -0.39 is 0 Å². The van der Waals surface area contributed by atoms with E-state index in [-0.39, 0.29) is 17.0 Å². The van der Waals surface area contributed by atoms with Gasteiger partial charge in [-0.2, -0.15) is 0 Å². The molecular formula is C17H25N3O. The van der Waals surface area contributed by atoms with Gasteiger partial charge in [-0.1, -0.05) is 30.3 Å². The molecule has 1 aromatic rings. The van der Waals surface area contributed by atoms with Crippen molar-refractivity contribution in [3.05, 3.63) is 35.9 Å². The second-order valence-electron chi connectivity index (χ2n) is 6.97. The van der Waals surface area contributed by atoms with Crippen LogP contribution in [0.2, 0.25) is 0 Å². The van der Waals surface area contributed by atoms with Crippen LogP contribution in [-0.2, 0) is 5.41 Å². The SMILES string of the molecule is CN(C)C[C@]1(c2ccccc2)CC[C@]2(CC1)CNC(=O)N2. The summed E-state index contributed by atoms with van der Waals surface area (Å²) in [5.74, 6) is 0. The Kier molecular flexibility index (Phi) is 3.66. The van der Waals surface area contributed by atoms with Gasteiger partial charge in [0.15, 0.2) is 0 Å². The van der Waals surface area contributed by atoms with Gasteiger partial charge >= 0.3 is 6.03 Å². The van der Waals surface area contributed by atoms with Crippen LogP contribution >= 0.6 is 0 Å². The summed E-state index contributed by atoms with van der Waals surface area (Å²) in [6.07, 6.45) is 4.34. The lowest BCUT2D eigenvalue weighted by Crippen LogP contribution is -2.52. The van der Waals surface area contributed by atoms with E-state index in [0.29, 0.717) is 0 Å². The predicted molar refractivity (Wildman–Crippen MR) is 84.4 cm³/mol. The molecule has 21 heavy (non-hydrogen) atoms. The van der Waals surface area contributed by atoms with Gasteiger partial charge in [-0.3, -0.25) is 0 Å².